The van der Waals surface area contributed by atoms with E-state index in [1.807, 2.05) is 54.6 Å². The highest BCUT2D eigenvalue weighted by molar-refractivity contribution is 5.93. The van der Waals surface area contributed by atoms with Crippen LogP contribution in [0.1, 0.15) is 53.9 Å². The molecule has 4 aromatic rings. The molecule has 3 aliphatic rings. The molecule has 0 aliphatic carbocycles. The molecule has 7 rings (SSSR count). The number of rotatable bonds is 8. The van der Waals surface area contributed by atoms with Gasteiger partial charge in [0.15, 0.2) is 6.29 Å². The summed E-state index contributed by atoms with van der Waals surface area (Å²) in [5, 5.41) is 12.7. The molecular weight excluding hydrogens is 576 g/mol. The highest BCUT2D eigenvalue weighted by Gasteiger charge is 2.50. The second-order valence-electron chi connectivity index (χ2n) is 12.6. The van der Waals surface area contributed by atoms with Crippen molar-refractivity contribution in [2.75, 3.05) is 31.2 Å². The van der Waals surface area contributed by atoms with Crippen molar-refractivity contribution >= 4 is 11.6 Å². The van der Waals surface area contributed by atoms with Crippen molar-refractivity contribution in [1.29, 1.82) is 0 Å². The molecule has 0 radical (unpaired) electrons. The van der Waals surface area contributed by atoms with E-state index in [1.54, 1.807) is 0 Å². The SMILES string of the molecule is NCc1ccccc1-c1ccc([C@@H]2O[C@H](CN3CCC4(CC3)C(=O)NCN4c3ccccc3)C[C@H](c3ccc(CO)cc3)O2)cc1. The Morgan fingerprint density at radius 3 is 2.26 bits per heavy atom. The Hall–Kier alpha value is -4.05. The van der Waals surface area contributed by atoms with Crippen molar-refractivity contribution < 1.29 is 19.4 Å². The molecule has 0 aromatic heterocycles. The predicted molar refractivity (Wildman–Crippen MR) is 179 cm³/mol. The summed E-state index contributed by atoms with van der Waals surface area (Å²) in [5.41, 5.74) is 12.8. The molecule has 1 amide bonds. The molecule has 4 N–H and O–H groups in total. The van der Waals surface area contributed by atoms with Crippen LogP contribution in [0.15, 0.2) is 103 Å². The highest BCUT2D eigenvalue weighted by atomic mass is 16.7. The third-order valence-corrected chi connectivity index (χ3v) is 9.90. The first kappa shape index (κ1) is 30.6. The summed E-state index contributed by atoms with van der Waals surface area (Å²) in [4.78, 5) is 17.9. The first-order valence-electron chi connectivity index (χ1n) is 16.3. The zero-order valence-corrected chi connectivity index (χ0v) is 26.1. The zero-order chi connectivity index (χ0) is 31.5. The quantitative estimate of drug-likeness (QED) is 0.247. The molecule has 8 heteroatoms. The lowest BCUT2D eigenvalue weighted by Gasteiger charge is -2.45. The summed E-state index contributed by atoms with van der Waals surface area (Å²) in [5.74, 6) is 0.127. The van der Waals surface area contributed by atoms with Gasteiger partial charge in [0.2, 0.25) is 5.91 Å². The van der Waals surface area contributed by atoms with Crippen molar-refractivity contribution in [3.05, 3.63) is 125 Å². The van der Waals surface area contributed by atoms with E-state index in [-0.39, 0.29) is 24.7 Å². The van der Waals surface area contributed by atoms with Gasteiger partial charge in [-0.3, -0.25) is 4.79 Å². The lowest BCUT2D eigenvalue weighted by molar-refractivity contribution is -0.253. The number of piperidine rings is 1. The Balaban J connectivity index is 1.08. The van der Waals surface area contributed by atoms with E-state index in [4.69, 9.17) is 15.2 Å². The van der Waals surface area contributed by atoms with Crippen LogP contribution in [0, 0.1) is 0 Å². The summed E-state index contributed by atoms with van der Waals surface area (Å²) < 4.78 is 13.3. The van der Waals surface area contributed by atoms with E-state index in [2.05, 4.69) is 63.6 Å². The minimum absolute atomic E-state index is 0.00989. The second-order valence-corrected chi connectivity index (χ2v) is 12.6. The number of nitrogens with zero attached hydrogens (tertiary/aromatic N) is 2. The van der Waals surface area contributed by atoms with Gasteiger partial charge >= 0.3 is 0 Å². The van der Waals surface area contributed by atoms with E-state index in [0.29, 0.717) is 13.2 Å². The van der Waals surface area contributed by atoms with Gasteiger partial charge < -0.3 is 35.4 Å². The number of nitrogens with one attached hydrogen (secondary N) is 1. The molecule has 1 spiro atoms. The lowest BCUT2D eigenvalue weighted by Crippen LogP contribution is -2.57. The Bertz CT molecular complexity index is 1620. The number of anilines is 1. The van der Waals surface area contributed by atoms with Gasteiger partial charge in [-0.2, -0.15) is 0 Å². The van der Waals surface area contributed by atoms with Crippen molar-refractivity contribution in [2.45, 2.75) is 56.5 Å². The van der Waals surface area contributed by atoms with Crippen molar-refractivity contribution in [2.24, 2.45) is 5.73 Å². The van der Waals surface area contributed by atoms with Crippen LogP contribution in [-0.2, 0) is 27.4 Å². The fourth-order valence-electron chi connectivity index (χ4n) is 7.26. The van der Waals surface area contributed by atoms with Gasteiger partial charge in [-0.15, -0.1) is 0 Å². The minimum Gasteiger partial charge on any atom is -0.392 e. The van der Waals surface area contributed by atoms with Crippen LogP contribution in [-0.4, -0.2) is 53.9 Å². The van der Waals surface area contributed by atoms with Gasteiger partial charge in [0.05, 0.1) is 25.5 Å². The summed E-state index contributed by atoms with van der Waals surface area (Å²) in [7, 11) is 0. The number of para-hydroxylation sites is 1. The maximum atomic E-state index is 13.2. The average Bonchev–Trinajstić information content (AvgIpc) is 3.44. The number of ether oxygens (including phenoxy) is 2. The number of likely N-dealkylation sites (tertiary alicyclic amines) is 1. The van der Waals surface area contributed by atoms with Gasteiger partial charge in [0, 0.05) is 43.9 Å². The number of amides is 1. The number of carbonyl (C=O) groups is 1. The normalized spacial score (nSPS) is 23.0. The maximum Gasteiger partial charge on any atom is 0.247 e. The number of carbonyl (C=O) groups excluding carboxylic acids is 1. The van der Waals surface area contributed by atoms with Crippen molar-refractivity contribution in [3.63, 3.8) is 0 Å². The number of aliphatic hydroxyl groups is 1. The fourth-order valence-corrected chi connectivity index (χ4v) is 7.26. The van der Waals surface area contributed by atoms with Crippen LogP contribution in [0.3, 0.4) is 0 Å². The van der Waals surface area contributed by atoms with Gasteiger partial charge in [-0.05, 0) is 52.8 Å². The smallest absolute Gasteiger partial charge is 0.247 e. The van der Waals surface area contributed by atoms with Crippen LogP contribution < -0.4 is 16.0 Å². The standard InChI is InChI=1S/C38H42N4O4/c39-23-31-6-4-5-9-34(31)28-14-16-30(17-15-28)36-45-33(22-35(46-36)29-12-10-27(25-43)11-13-29)24-41-20-18-38(19-21-41)37(44)40-26-42(38)32-7-2-1-3-8-32/h1-17,33,35-36,43H,18-26,39H2,(H,40,44)/t33-,35+,36+/m0/s1. The van der Waals surface area contributed by atoms with Gasteiger partial charge in [0.1, 0.15) is 5.54 Å². The average molecular weight is 619 g/mol. The number of hydrogen-bond donors (Lipinski definition) is 3. The third kappa shape index (κ3) is 6.07. The van der Waals surface area contributed by atoms with E-state index in [1.165, 1.54) is 0 Å². The Labute approximate surface area is 270 Å². The van der Waals surface area contributed by atoms with Gasteiger partial charge in [0.25, 0.3) is 0 Å². The molecule has 3 atom stereocenters. The number of nitrogens with two attached hydrogens (primary N) is 1. The van der Waals surface area contributed by atoms with Gasteiger partial charge in [-0.25, -0.2) is 0 Å². The molecule has 3 fully saturated rings. The Morgan fingerprint density at radius 1 is 0.848 bits per heavy atom. The molecular formula is C38H42N4O4. The maximum absolute atomic E-state index is 13.2. The number of aliphatic hydroxyl groups excluding tert-OH is 1. The van der Waals surface area contributed by atoms with Crippen LogP contribution in [0.2, 0.25) is 0 Å². The minimum atomic E-state index is -0.523. The summed E-state index contributed by atoms with van der Waals surface area (Å²) in [6, 6.07) is 34.8. The van der Waals surface area contributed by atoms with Crippen LogP contribution >= 0.6 is 0 Å². The summed E-state index contributed by atoms with van der Waals surface area (Å²) in [6.07, 6.45) is 1.51. The van der Waals surface area contributed by atoms with Crippen LogP contribution in [0.5, 0.6) is 0 Å². The lowest BCUT2D eigenvalue weighted by atomic mass is 9.85. The molecule has 0 saturated carbocycles. The van der Waals surface area contributed by atoms with E-state index >= 15 is 0 Å². The molecule has 8 nitrogen and oxygen atoms in total. The van der Waals surface area contributed by atoms with E-state index < -0.39 is 11.8 Å². The fraction of sp³-hybridized carbons (Fsp3) is 0.342. The third-order valence-electron chi connectivity index (χ3n) is 9.90. The van der Waals surface area contributed by atoms with Gasteiger partial charge in [-0.1, -0.05) is 91.0 Å². The molecule has 3 heterocycles. The molecule has 3 saturated heterocycles. The predicted octanol–water partition coefficient (Wildman–Crippen LogP) is 5.28. The second kappa shape index (κ2) is 13.4. The number of benzene rings is 4. The molecule has 46 heavy (non-hydrogen) atoms. The van der Waals surface area contributed by atoms with E-state index in [0.717, 1.165) is 78.0 Å². The molecule has 0 unspecified atom stereocenters. The molecule has 3 aliphatic heterocycles. The summed E-state index contributed by atoms with van der Waals surface area (Å²) in [6.45, 7) is 3.42. The molecule has 4 aromatic carbocycles. The molecule has 0 bridgehead atoms. The topological polar surface area (TPSA) is 100 Å². The van der Waals surface area contributed by atoms with E-state index in [9.17, 15) is 9.90 Å². The Kier molecular flexibility index (Phi) is 8.88. The van der Waals surface area contributed by atoms with Crippen molar-refractivity contribution in [3.8, 4) is 11.1 Å². The first-order valence-corrected chi connectivity index (χ1v) is 16.3. The first-order chi connectivity index (χ1) is 22.6. The monoisotopic (exact) mass is 618 g/mol. The number of hydrogen-bond acceptors (Lipinski definition) is 7. The largest absolute Gasteiger partial charge is 0.392 e. The van der Waals surface area contributed by atoms with Crippen LogP contribution in [0.25, 0.3) is 11.1 Å². The zero-order valence-electron chi connectivity index (χ0n) is 26.1. The summed E-state index contributed by atoms with van der Waals surface area (Å²) >= 11 is 0. The Morgan fingerprint density at radius 2 is 1.54 bits per heavy atom. The highest BCUT2D eigenvalue weighted by Crippen LogP contribution is 2.40. The van der Waals surface area contributed by atoms with Crippen molar-refractivity contribution in [1.82, 2.24) is 10.2 Å². The molecule has 238 valence electrons. The van der Waals surface area contributed by atoms with Crippen LogP contribution in [0.4, 0.5) is 5.69 Å².